The molecule has 1 atom stereocenters. The fourth-order valence-electron chi connectivity index (χ4n) is 2.55. The molecular formula is C16H20O3. The van der Waals surface area contributed by atoms with Gasteiger partial charge in [0.2, 0.25) is 0 Å². The van der Waals surface area contributed by atoms with Crippen LogP contribution in [0.1, 0.15) is 31.7 Å². The zero-order valence-electron chi connectivity index (χ0n) is 11.5. The Bertz CT molecular complexity index is 477. The van der Waals surface area contributed by atoms with E-state index in [1.165, 1.54) is 0 Å². The van der Waals surface area contributed by atoms with Crippen molar-refractivity contribution >= 4 is 11.5 Å². The molecule has 19 heavy (non-hydrogen) atoms. The number of allylic oxidation sites excluding steroid dienone is 1. The SMILES string of the molecule is CCOC(=O)C1CCCC=C1c1ccccc1OC. The van der Waals surface area contributed by atoms with Gasteiger partial charge in [0.05, 0.1) is 19.6 Å². The zero-order valence-corrected chi connectivity index (χ0v) is 11.5. The molecule has 1 unspecified atom stereocenters. The van der Waals surface area contributed by atoms with Crippen LogP contribution in [-0.4, -0.2) is 19.7 Å². The van der Waals surface area contributed by atoms with E-state index < -0.39 is 0 Å². The maximum atomic E-state index is 12.1. The molecule has 0 aliphatic heterocycles. The van der Waals surface area contributed by atoms with E-state index in [0.29, 0.717) is 6.61 Å². The predicted octanol–water partition coefficient (Wildman–Crippen LogP) is 3.44. The van der Waals surface area contributed by atoms with Gasteiger partial charge in [0.15, 0.2) is 0 Å². The van der Waals surface area contributed by atoms with Gasteiger partial charge in [-0.15, -0.1) is 0 Å². The predicted molar refractivity (Wildman–Crippen MR) is 74.9 cm³/mol. The molecule has 0 spiro atoms. The van der Waals surface area contributed by atoms with Crippen molar-refractivity contribution in [2.45, 2.75) is 26.2 Å². The number of benzene rings is 1. The summed E-state index contributed by atoms with van der Waals surface area (Å²) in [4.78, 5) is 12.1. The lowest BCUT2D eigenvalue weighted by atomic mass is 9.83. The second-order valence-electron chi connectivity index (χ2n) is 4.60. The lowest BCUT2D eigenvalue weighted by Crippen LogP contribution is -2.21. The molecule has 1 aliphatic carbocycles. The molecule has 102 valence electrons. The molecule has 0 radical (unpaired) electrons. The van der Waals surface area contributed by atoms with Crippen molar-refractivity contribution in [1.82, 2.24) is 0 Å². The van der Waals surface area contributed by atoms with Crippen LogP contribution in [0.3, 0.4) is 0 Å². The van der Waals surface area contributed by atoms with E-state index in [4.69, 9.17) is 9.47 Å². The van der Waals surface area contributed by atoms with Crippen molar-refractivity contribution in [2.75, 3.05) is 13.7 Å². The Morgan fingerprint density at radius 2 is 2.16 bits per heavy atom. The summed E-state index contributed by atoms with van der Waals surface area (Å²) in [5.41, 5.74) is 2.05. The topological polar surface area (TPSA) is 35.5 Å². The van der Waals surface area contributed by atoms with Crippen LogP contribution in [0.2, 0.25) is 0 Å². The lowest BCUT2D eigenvalue weighted by molar-refractivity contribution is -0.146. The fourth-order valence-corrected chi connectivity index (χ4v) is 2.55. The van der Waals surface area contributed by atoms with Crippen LogP contribution in [0.5, 0.6) is 5.75 Å². The number of hydrogen-bond donors (Lipinski definition) is 0. The molecule has 0 bridgehead atoms. The Balaban J connectivity index is 2.34. The molecule has 1 aromatic carbocycles. The molecule has 0 N–H and O–H groups in total. The Hall–Kier alpha value is -1.77. The van der Waals surface area contributed by atoms with Gasteiger partial charge in [-0.2, -0.15) is 0 Å². The van der Waals surface area contributed by atoms with Gasteiger partial charge in [-0.3, -0.25) is 4.79 Å². The number of rotatable bonds is 4. The second kappa shape index (κ2) is 6.41. The van der Waals surface area contributed by atoms with E-state index in [-0.39, 0.29) is 11.9 Å². The average Bonchev–Trinajstić information content (AvgIpc) is 2.47. The normalized spacial score (nSPS) is 18.6. The molecule has 3 heteroatoms. The van der Waals surface area contributed by atoms with Gasteiger partial charge in [0, 0.05) is 5.56 Å². The first kappa shape index (κ1) is 13.7. The van der Waals surface area contributed by atoms with Crippen LogP contribution < -0.4 is 4.74 Å². The monoisotopic (exact) mass is 260 g/mol. The Labute approximate surface area is 114 Å². The lowest BCUT2D eigenvalue weighted by Gasteiger charge is -2.24. The number of carbonyl (C=O) groups excluding carboxylic acids is 1. The van der Waals surface area contributed by atoms with Crippen molar-refractivity contribution in [3.05, 3.63) is 35.9 Å². The maximum Gasteiger partial charge on any atom is 0.313 e. The molecule has 1 aromatic rings. The van der Waals surface area contributed by atoms with Gasteiger partial charge in [0.1, 0.15) is 5.75 Å². The summed E-state index contributed by atoms with van der Waals surface area (Å²) in [6.07, 6.45) is 5.02. The maximum absolute atomic E-state index is 12.1. The Morgan fingerprint density at radius 3 is 2.89 bits per heavy atom. The van der Waals surface area contributed by atoms with E-state index >= 15 is 0 Å². The number of methoxy groups -OCH3 is 1. The molecule has 0 saturated carbocycles. The summed E-state index contributed by atoms with van der Waals surface area (Å²) in [6.45, 7) is 2.27. The standard InChI is InChI=1S/C16H20O3/c1-3-19-16(17)14-10-5-4-8-12(14)13-9-6-7-11-15(13)18-2/h6-9,11,14H,3-5,10H2,1-2H3. The number of ether oxygens (including phenoxy) is 2. The largest absolute Gasteiger partial charge is 0.496 e. The molecule has 3 nitrogen and oxygen atoms in total. The molecule has 1 aliphatic rings. The number of para-hydroxylation sites is 1. The van der Waals surface area contributed by atoms with E-state index in [0.717, 1.165) is 36.1 Å². The van der Waals surface area contributed by atoms with Crippen LogP contribution in [0, 0.1) is 5.92 Å². The summed E-state index contributed by atoms with van der Waals surface area (Å²) < 4.78 is 10.6. The van der Waals surface area contributed by atoms with Gasteiger partial charge < -0.3 is 9.47 Å². The van der Waals surface area contributed by atoms with Crippen molar-refractivity contribution in [3.8, 4) is 5.75 Å². The minimum atomic E-state index is -0.162. The first-order chi connectivity index (χ1) is 9.27. The van der Waals surface area contributed by atoms with Gasteiger partial charge in [-0.1, -0.05) is 24.3 Å². The highest BCUT2D eigenvalue weighted by molar-refractivity contribution is 5.90. The first-order valence-electron chi connectivity index (χ1n) is 6.78. The number of hydrogen-bond acceptors (Lipinski definition) is 3. The third kappa shape index (κ3) is 2.98. The van der Waals surface area contributed by atoms with Crippen LogP contribution in [0.25, 0.3) is 5.57 Å². The molecule has 0 amide bonds. The summed E-state index contributed by atoms with van der Waals surface area (Å²) >= 11 is 0. The molecule has 0 heterocycles. The summed E-state index contributed by atoms with van der Waals surface area (Å²) in [7, 11) is 1.65. The van der Waals surface area contributed by atoms with Crippen LogP contribution in [0.4, 0.5) is 0 Å². The fraction of sp³-hybridized carbons (Fsp3) is 0.438. The summed E-state index contributed by atoms with van der Waals surface area (Å²) in [5, 5.41) is 0. The quantitative estimate of drug-likeness (QED) is 0.778. The zero-order chi connectivity index (χ0) is 13.7. The third-order valence-corrected chi connectivity index (χ3v) is 3.43. The summed E-state index contributed by atoms with van der Waals surface area (Å²) in [5.74, 6) is 0.523. The van der Waals surface area contributed by atoms with Crippen molar-refractivity contribution in [1.29, 1.82) is 0 Å². The molecular weight excluding hydrogens is 240 g/mol. The Morgan fingerprint density at radius 1 is 1.37 bits per heavy atom. The van der Waals surface area contributed by atoms with E-state index in [2.05, 4.69) is 6.08 Å². The highest BCUT2D eigenvalue weighted by Crippen LogP contribution is 2.37. The molecule has 0 aromatic heterocycles. The van der Waals surface area contributed by atoms with Crippen molar-refractivity contribution in [2.24, 2.45) is 5.92 Å². The van der Waals surface area contributed by atoms with Crippen LogP contribution in [-0.2, 0) is 9.53 Å². The van der Waals surface area contributed by atoms with E-state index in [9.17, 15) is 4.79 Å². The minimum absolute atomic E-state index is 0.126. The number of esters is 1. The van der Waals surface area contributed by atoms with E-state index in [1.54, 1.807) is 7.11 Å². The van der Waals surface area contributed by atoms with Gasteiger partial charge in [-0.05, 0) is 37.8 Å². The molecule has 2 rings (SSSR count). The van der Waals surface area contributed by atoms with Gasteiger partial charge in [0.25, 0.3) is 0 Å². The van der Waals surface area contributed by atoms with Gasteiger partial charge in [-0.25, -0.2) is 0 Å². The van der Waals surface area contributed by atoms with Crippen LogP contribution in [0.15, 0.2) is 30.3 Å². The smallest absolute Gasteiger partial charge is 0.313 e. The van der Waals surface area contributed by atoms with Crippen molar-refractivity contribution in [3.63, 3.8) is 0 Å². The van der Waals surface area contributed by atoms with Crippen LogP contribution >= 0.6 is 0 Å². The average molecular weight is 260 g/mol. The third-order valence-electron chi connectivity index (χ3n) is 3.43. The first-order valence-corrected chi connectivity index (χ1v) is 6.78. The number of carbonyl (C=O) groups is 1. The van der Waals surface area contributed by atoms with E-state index in [1.807, 2.05) is 31.2 Å². The molecule has 0 saturated heterocycles. The highest BCUT2D eigenvalue weighted by Gasteiger charge is 2.28. The van der Waals surface area contributed by atoms with Crippen molar-refractivity contribution < 1.29 is 14.3 Å². The summed E-state index contributed by atoms with van der Waals surface area (Å²) in [6, 6.07) is 7.83. The van der Waals surface area contributed by atoms with Gasteiger partial charge >= 0.3 is 5.97 Å². The second-order valence-corrected chi connectivity index (χ2v) is 4.60. The highest BCUT2D eigenvalue weighted by atomic mass is 16.5. The Kier molecular flexibility index (Phi) is 4.61. The minimum Gasteiger partial charge on any atom is -0.496 e. The molecule has 0 fully saturated rings.